The van der Waals surface area contributed by atoms with Crippen molar-refractivity contribution in [3.63, 3.8) is 0 Å². The molecule has 0 saturated heterocycles. The van der Waals surface area contributed by atoms with Crippen LogP contribution in [-0.4, -0.2) is 24.1 Å². The minimum Gasteiger partial charge on any atom is -0.295 e. The monoisotopic (exact) mass is 771 g/mol. The summed E-state index contributed by atoms with van der Waals surface area (Å²) in [5.41, 5.74) is 13.2. The fraction of sp³-hybridized carbons (Fsp3) is 0. The molecule has 1 aliphatic rings. The number of fused-ring (bicyclic) bond motifs is 7. The van der Waals surface area contributed by atoms with Gasteiger partial charge in [-0.15, -0.1) is 0 Å². The number of hydrogen-bond acceptors (Lipinski definition) is 4. The molecular formula is C53H33N5S. The minimum atomic E-state index is 0.619. The SMILES string of the molecule is c1ccc(-c2cccc(-c3ccc(-c4nc(-c5ccccc5)nc(-c5cccc(-n6c7ccccc7c7c8cccc9c8n(c76)-c6ccccc6S9)c5)n4)cc3)c2)cc1. The first-order chi connectivity index (χ1) is 29.2. The maximum atomic E-state index is 5.18. The number of para-hydroxylation sites is 3. The molecule has 6 heteroatoms. The Morgan fingerprint density at radius 2 is 0.881 bits per heavy atom. The van der Waals surface area contributed by atoms with Crippen LogP contribution in [0, 0.1) is 0 Å². The molecule has 0 saturated carbocycles. The summed E-state index contributed by atoms with van der Waals surface area (Å²) in [6.45, 7) is 0. The van der Waals surface area contributed by atoms with Crippen molar-refractivity contribution in [2.45, 2.75) is 9.79 Å². The number of nitrogens with zero attached hydrogens (tertiary/aromatic N) is 5. The second-order valence-electron chi connectivity index (χ2n) is 14.9. The van der Waals surface area contributed by atoms with Crippen LogP contribution >= 0.6 is 11.8 Å². The molecule has 11 aromatic rings. The average Bonchev–Trinajstić information content (AvgIpc) is 3.84. The molecule has 0 N–H and O–H groups in total. The van der Waals surface area contributed by atoms with E-state index in [0.29, 0.717) is 17.5 Å². The van der Waals surface area contributed by atoms with E-state index >= 15 is 0 Å². The van der Waals surface area contributed by atoms with Gasteiger partial charge in [0.2, 0.25) is 0 Å². The fourth-order valence-electron chi connectivity index (χ4n) is 8.64. The van der Waals surface area contributed by atoms with Crippen LogP contribution in [0.5, 0.6) is 0 Å². The highest BCUT2D eigenvalue weighted by Gasteiger charge is 2.27. The van der Waals surface area contributed by atoms with E-state index in [1.807, 2.05) is 36.0 Å². The van der Waals surface area contributed by atoms with E-state index in [9.17, 15) is 0 Å². The first-order valence-electron chi connectivity index (χ1n) is 19.8. The molecule has 59 heavy (non-hydrogen) atoms. The fourth-order valence-corrected chi connectivity index (χ4v) is 9.74. The summed E-state index contributed by atoms with van der Waals surface area (Å²) in [4.78, 5) is 17.9. The van der Waals surface area contributed by atoms with Gasteiger partial charge in [0.1, 0.15) is 5.65 Å². The Balaban J connectivity index is 1.01. The third kappa shape index (κ3) is 5.52. The van der Waals surface area contributed by atoms with E-state index in [4.69, 9.17) is 15.0 Å². The Hall–Kier alpha value is -7.54. The second-order valence-corrected chi connectivity index (χ2v) is 15.9. The molecule has 0 amide bonds. The molecule has 5 nitrogen and oxygen atoms in total. The van der Waals surface area contributed by atoms with E-state index < -0.39 is 0 Å². The van der Waals surface area contributed by atoms with Crippen LogP contribution in [0.3, 0.4) is 0 Å². The Morgan fingerprint density at radius 1 is 0.356 bits per heavy atom. The number of benzene rings is 8. The van der Waals surface area contributed by atoms with Crippen molar-refractivity contribution in [2.75, 3.05) is 0 Å². The van der Waals surface area contributed by atoms with Crippen LogP contribution in [0.1, 0.15) is 0 Å². The Kier molecular flexibility index (Phi) is 7.71. The molecule has 0 unspecified atom stereocenters. The molecule has 0 atom stereocenters. The highest BCUT2D eigenvalue weighted by atomic mass is 32.2. The zero-order valence-corrected chi connectivity index (χ0v) is 32.5. The van der Waals surface area contributed by atoms with Gasteiger partial charge >= 0.3 is 0 Å². The van der Waals surface area contributed by atoms with Crippen molar-refractivity contribution in [1.29, 1.82) is 0 Å². The van der Waals surface area contributed by atoms with Crippen LogP contribution in [0.2, 0.25) is 0 Å². The Morgan fingerprint density at radius 3 is 1.66 bits per heavy atom. The topological polar surface area (TPSA) is 48.5 Å². The lowest BCUT2D eigenvalue weighted by Crippen LogP contribution is -2.06. The van der Waals surface area contributed by atoms with Gasteiger partial charge in [-0.1, -0.05) is 169 Å². The van der Waals surface area contributed by atoms with Gasteiger partial charge in [-0.25, -0.2) is 15.0 Å². The van der Waals surface area contributed by atoms with Crippen LogP contribution < -0.4 is 0 Å². The molecule has 12 rings (SSSR count). The lowest BCUT2D eigenvalue weighted by Gasteiger charge is -2.21. The lowest BCUT2D eigenvalue weighted by atomic mass is 9.98. The van der Waals surface area contributed by atoms with Crippen LogP contribution in [-0.2, 0) is 0 Å². The summed E-state index contributed by atoms with van der Waals surface area (Å²) in [5.74, 6) is 1.88. The number of hydrogen-bond donors (Lipinski definition) is 0. The highest BCUT2D eigenvalue weighted by Crippen LogP contribution is 2.49. The molecule has 0 fully saturated rings. The van der Waals surface area contributed by atoms with Crippen molar-refractivity contribution >= 4 is 44.6 Å². The molecule has 276 valence electrons. The standard InChI is InChI=1S/C53H33N5S/c1-3-14-34(15-4-1)38-18-11-19-39(32-38)35-28-30-37(31-29-35)51-54-50(36-16-5-2-6-17-36)55-52(56-51)40-20-12-21-41(33-40)57-44-24-8-7-22-42(44)48-43-23-13-27-47-49(43)58(53(48)57)45-25-9-10-26-46(45)59-47/h1-33H. The van der Waals surface area contributed by atoms with Crippen LogP contribution in [0.15, 0.2) is 210 Å². The minimum absolute atomic E-state index is 0.619. The third-order valence-corrected chi connectivity index (χ3v) is 12.5. The number of rotatable bonds is 6. The third-order valence-electron chi connectivity index (χ3n) is 11.4. The molecule has 0 radical (unpaired) electrons. The highest BCUT2D eigenvalue weighted by molar-refractivity contribution is 7.99. The van der Waals surface area contributed by atoms with Crippen LogP contribution in [0.25, 0.3) is 101 Å². The van der Waals surface area contributed by atoms with E-state index in [2.05, 4.69) is 185 Å². The van der Waals surface area contributed by atoms with Crippen LogP contribution in [0.4, 0.5) is 0 Å². The van der Waals surface area contributed by atoms with Gasteiger partial charge in [0, 0.05) is 48.3 Å². The molecule has 8 aromatic carbocycles. The Labute approximate surface area is 344 Å². The molecule has 0 aliphatic carbocycles. The van der Waals surface area contributed by atoms with E-state index in [0.717, 1.165) is 44.7 Å². The zero-order valence-electron chi connectivity index (χ0n) is 31.7. The zero-order chi connectivity index (χ0) is 38.9. The predicted molar refractivity (Wildman–Crippen MR) is 242 cm³/mol. The van der Waals surface area contributed by atoms with Gasteiger partial charge < -0.3 is 0 Å². The molecule has 0 spiro atoms. The average molecular weight is 772 g/mol. The first-order valence-corrected chi connectivity index (χ1v) is 20.6. The summed E-state index contributed by atoms with van der Waals surface area (Å²) < 4.78 is 4.88. The summed E-state index contributed by atoms with van der Waals surface area (Å²) in [7, 11) is 0. The maximum Gasteiger partial charge on any atom is 0.164 e. The lowest BCUT2D eigenvalue weighted by molar-refractivity contribution is 1.02. The predicted octanol–water partition coefficient (Wildman–Crippen LogP) is 13.7. The largest absolute Gasteiger partial charge is 0.295 e. The molecular weight excluding hydrogens is 739 g/mol. The smallest absolute Gasteiger partial charge is 0.164 e. The van der Waals surface area contributed by atoms with Gasteiger partial charge in [-0.05, 0) is 64.7 Å². The van der Waals surface area contributed by atoms with Crippen molar-refractivity contribution in [3.8, 4) is 67.8 Å². The van der Waals surface area contributed by atoms with Crippen molar-refractivity contribution in [3.05, 3.63) is 200 Å². The van der Waals surface area contributed by atoms with Gasteiger partial charge in [-0.2, -0.15) is 0 Å². The summed E-state index contributed by atoms with van der Waals surface area (Å²) in [6, 6.07) is 70.7. The van der Waals surface area contributed by atoms with E-state index in [1.165, 1.54) is 48.3 Å². The van der Waals surface area contributed by atoms with E-state index in [1.54, 1.807) is 0 Å². The van der Waals surface area contributed by atoms with Gasteiger partial charge in [-0.3, -0.25) is 9.13 Å². The summed E-state index contributed by atoms with van der Waals surface area (Å²) in [6.07, 6.45) is 0. The first kappa shape index (κ1) is 33.6. The van der Waals surface area contributed by atoms with Crippen molar-refractivity contribution in [1.82, 2.24) is 24.1 Å². The molecule has 1 aliphatic heterocycles. The second kappa shape index (κ2) is 13.5. The van der Waals surface area contributed by atoms with Crippen molar-refractivity contribution < 1.29 is 0 Å². The summed E-state index contributed by atoms with van der Waals surface area (Å²) in [5, 5.41) is 3.74. The van der Waals surface area contributed by atoms with Gasteiger partial charge in [0.05, 0.1) is 16.7 Å². The molecule has 4 heterocycles. The maximum absolute atomic E-state index is 5.18. The van der Waals surface area contributed by atoms with Gasteiger partial charge in [0.25, 0.3) is 0 Å². The normalized spacial score (nSPS) is 12.0. The Bertz CT molecular complexity index is 3400. The van der Waals surface area contributed by atoms with Gasteiger partial charge in [0.15, 0.2) is 17.5 Å². The molecule has 3 aromatic heterocycles. The van der Waals surface area contributed by atoms with Crippen molar-refractivity contribution in [2.24, 2.45) is 0 Å². The van der Waals surface area contributed by atoms with E-state index in [-0.39, 0.29) is 0 Å². The quantitative estimate of drug-likeness (QED) is 0.169. The number of aromatic nitrogens is 5. The molecule has 0 bridgehead atoms. The summed E-state index contributed by atoms with van der Waals surface area (Å²) >= 11 is 1.85.